The lowest BCUT2D eigenvalue weighted by atomic mass is 9.96. The minimum atomic E-state index is -3.56. The molecule has 0 unspecified atom stereocenters. The number of benzene rings is 3. The molecule has 0 aromatic heterocycles. The maximum atomic E-state index is 13.1. The zero-order chi connectivity index (χ0) is 23.4. The Morgan fingerprint density at radius 3 is 2.30 bits per heavy atom. The third kappa shape index (κ3) is 5.34. The van der Waals surface area contributed by atoms with E-state index in [1.165, 1.54) is 9.87 Å². The van der Waals surface area contributed by atoms with Crippen LogP contribution in [0, 0.1) is 19.8 Å². The van der Waals surface area contributed by atoms with Crippen LogP contribution in [0.4, 0.5) is 5.69 Å². The highest BCUT2D eigenvalue weighted by molar-refractivity contribution is 7.89. The maximum absolute atomic E-state index is 13.1. The number of hydrogen-bond donors (Lipinski definition) is 1. The first kappa shape index (κ1) is 23.2. The Labute approximate surface area is 196 Å². The molecular formula is C27H30N2O3S. The van der Waals surface area contributed by atoms with Gasteiger partial charge in [-0.1, -0.05) is 66.2 Å². The monoisotopic (exact) mass is 462 g/mol. The molecule has 1 fully saturated rings. The standard InChI is InChI=1S/C27H30N2O3S/c1-20-12-13-26(21(2)18-20)33(31,32)29-16-14-23(15-17-29)27(30)28-25-11-7-6-10-24(25)19-22-8-4-3-5-9-22/h3-13,18,23H,14-17,19H2,1-2H3,(H,28,30). The Balaban J connectivity index is 1.40. The second-order valence-electron chi connectivity index (χ2n) is 8.76. The number of anilines is 1. The Hall–Kier alpha value is -2.96. The molecule has 3 aromatic rings. The van der Waals surface area contributed by atoms with Crippen LogP contribution in [0.2, 0.25) is 0 Å². The van der Waals surface area contributed by atoms with Crippen LogP contribution < -0.4 is 5.32 Å². The van der Waals surface area contributed by atoms with Crippen LogP contribution in [0.5, 0.6) is 0 Å². The molecule has 1 amide bonds. The van der Waals surface area contributed by atoms with Crippen molar-refractivity contribution >= 4 is 21.6 Å². The van der Waals surface area contributed by atoms with Gasteiger partial charge in [-0.05, 0) is 61.9 Å². The predicted molar refractivity (Wildman–Crippen MR) is 132 cm³/mol. The molecule has 1 heterocycles. The van der Waals surface area contributed by atoms with E-state index in [1.807, 2.05) is 68.4 Å². The zero-order valence-corrected chi connectivity index (χ0v) is 19.9. The number of nitrogens with zero attached hydrogens (tertiary/aromatic N) is 1. The minimum absolute atomic E-state index is 0.0425. The van der Waals surface area contributed by atoms with Gasteiger partial charge >= 0.3 is 0 Å². The molecule has 172 valence electrons. The molecule has 1 N–H and O–H groups in total. The molecule has 1 aliphatic rings. The largest absolute Gasteiger partial charge is 0.326 e. The van der Waals surface area contributed by atoms with Crippen LogP contribution in [0.15, 0.2) is 77.7 Å². The van der Waals surface area contributed by atoms with E-state index in [0.717, 1.165) is 28.8 Å². The van der Waals surface area contributed by atoms with Gasteiger partial charge in [-0.15, -0.1) is 0 Å². The topological polar surface area (TPSA) is 66.5 Å². The molecule has 6 heteroatoms. The second kappa shape index (κ2) is 9.89. The lowest BCUT2D eigenvalue weighted by molar-refractivity contribution is -0.120. The van der Waals surface area contributed by atoms with Gasteiger partial charge in [0.25, 0.3) is 0 Å². The lowest BCUT2D eigenvalue weighted by Gasteiger charge is -2.31. The number of hydrogen-bond acceptors (Lipinski definition) is 3. The van der Waals surface area contributed by atoms with Crippen LogP contribution in [-0.4, -0.2) is 31.7 Å². The van der Waals surface area contributed by atoms with Crippen molar-refractivity contribution in [3.63, 3.8) is 0 Å². The van der Waals surface area contributed by atoms with E-state index < -0.39 is 10.0 Å². The van der Waals surface area contributed by atoms with Crippen molar-refractivity contribution in [1.82, 2.24) is 4.31 Å². The number of para-hydroxylation sites is 1. The summed E-state index contributed by atoms with van der Waals surface area (Å²) >= 11 is 0. The van der Waals surface area contributed by atoms with Crippen molar-refractivity contribution in [2.24, 2.45) is 5.92 Å². The van der Waals surface area contributed by atoms with Gasteiger partial charge in [-0.25, -0.2) is 8.42 Å². The van der Waals surface area contributed by atoms with Crippen LogP contribution >= 0.6 is 0 Å². The SMILES string of the molecule is Cc1ccc(S(=O)(=O)N2CCC(C(=O)Nc3ccccc3Cc3ccccc3)CC2)c(C)c1. The van der Waals surface area contributed by atoms with Gasteiger partial charge < -0.3 is 5.32 Å². The van der Waals surface area contributed by atoms with E-state index in [0.29, 0.717) is 30.8 Å². The van der Waals surface area contributed by atoms with Gasteiger partial charge in [0.05, 0.1) is 4.90 Å². The number of carbonyl (C=O) groups excluding carboxylic acids is 1. The number of piperidine rings is 1. The van der Waals surface area contributed by atoms with Crippen molar-refractivity contribution in [3.05, 3.63) is 95.1 Å². The van der Waals surface area contributed by atoms with Crippen molar-refractivity contribution in [1.29, 1.82) is 0 Å². The van der Waals surface area contributed by atoms with E-state index in [4.69, 9.17) is 0 Å². The number of aryl methyl sites for hydroxylation is 2. The zero-order valence-electron chi connectivity index (χ0n) is 19.1. The number of carbonyl (C=O) groups is 1. The Morgan fingerprint density at radius 1 is 0.939 bits per heavy atom. The summed E-state index contributed by atoms with van der Waals surface area (Å²) in [6, 6.07) is 23.4. The van der Waals surface area contributed by atoms with Crippen LogP contribution in [-0.2, 0) is 21.2 Å². The molecule has 5 nitrogen and oxygen atoms in total. The fourth-order valence-corrected chi connectivity index (χ4v) is 6.11. The minimum Gasteiger partial charge on any atom is -0.326 e. The van der Waals surface area contributed by atoms with E-state index in [-0.39, 0.29) is 11.8 Å². The van der Waals surface area contributed by atoms with Gasteiger partial charge in [0, 0.05) is 24.7 Å². The molecule has 0 saturated carbocycles. The Morgan fingerprint density at radius 2 is 1.61 bits per heavy atom. The summed E-state index contributed by atoms with van der Waals surface area (Å²) in [5.74, 6) is -0.251. The van der Waals surface area contributed by atoms with Crippen LogP contribution in [0.1, 0.15) is 35.1 Å². The van der Waals surface area contributed by atoms with E-state index >= 15 is 0 Å². The quantitative estimate of drug-likeness (QED) is 0.565. The summed E-state index contributed by atoms with van der Waals surface area (Å²) in [5.41, 5.74) is 4.85. The molecular weight excluding hydrogens is 432 g/mol. The number of nitrogens with one attached hydrogen (secondary N) is 1. The Bertz CT molecular complexity index is 1230. The summed E-state index contributed by atoms with van der Waals surface area (Å²) in [5, 5.41) is 3.09. The third-order valence-corrected chi connectivity index (χ3v) is 8.34. The number of rotatable bonds is 6. The molecule has 33 heavy (non-hydrogen) atoms. The average Bonchev–Trinajstić information content (AvgIpc) is 2.81. The number of amides is 1. The second-order valence-corrected chi connectivity index (χ2v) is 10.7. The predicted octanol–water partition coefficient (Wildman–Crippen LogP) is 4.93. The molecule has 1 saturated heterocycles. The molecule has 1 aliphatic heterocycles. The van der Waals surface area contributed by atoms with Crippen molar-refractivity contribution < 1.29 is 13.2 Å². The Kier molecular flexibility index (Phi) is 6.96. The number of sulfonamides is 1. The highest BCUT2D eigenvalue weighted by Crippen LogP contribution is 2.28. The van der Waals surface area contributed by atoms with Gasteiger partial charge in [-0.3, -0.25) is 4.79 Å². The molecule has 3 aromatic carbocycles. The first-order valence-electron chi connectivity index (χ1n) is 11.3. The summed E-state index contributed by atoms with van der Waals surface area (Å²) in [4.78, 5) is 13.4. The van der Waals surface area contributed by atoms with Crippen molar-refractivity contribution in [2.75, 3.05) is 18.4 Å². The summed E-state index contributed by atoms with van der Waals surface area (Å²) in [7, 11) is -3.56. The van der Waals surface area contributed by atoms with Gasteiger partial charge in [0.1, 0.15) is 0 Å². The van der Waals surface area contributed by atoms with E-state index in [1.54, 1.807) is 6.07 Å². The van der Waals surface area contributed by atoms with Gasteiger partial charge in [0.15, 0.2) is 0 Å². The highest BCUT2D eigenvalue weighted by atomic mass is 32.2. The van der Waals surface area contributed by atoms with Crippen molar-refractivity contribution in [2.45, 2.75) is 38.0 Å². The highest BCUT2D eigenvalue weighted by Gasteiger charge is 2.33. The lowest BCUT2D eigenvalue weighted by Crippen LogP contribution is -2.41. The fourth-order valence-electron chi connectivity index (χ4n) is 4.43. The smallest absolute Gasteiger partial charge is 0.243 e. The summed E-state index contributed by atoms with van der Waals surface area (Å²) in [6.45, 7) is 4.47. The molecule has 0 atom stereocenters. The van der Waals surface area contributed by atoms with Gasteiger partial charge in [0.2, 0.25) is 15.9 Å². The van der Waals surface area contributed by atoms with E-state index in [9.17, 15) is 13.2 Å². The maximum Gasteiger partial charge on any atom is 0.243 e. The average molecular weight is 463 g/mol. The van der Waals surface area contributed by atoms with Gasteiger partial charge in [-0.2, -0.15) is 4.31 Å². The van der Waals surface area contributed by atoms with E-state index in [2.05, 4.69) is 17.4 Å². The summed E-state index contributed by atoms with van der Waals surface area (Å²) < 4.78 is 27.8. The molecule has 0 bridgehead atoms. The first-order chi connectivity index (χ1) is 15.8. The molecule has 4 rings (SSSR count). The molecule has 0 spiro atoms. The van der Waals surface area contributed by atoms with Crippen molar-refractivity contribution in [3.8, 4) is 0 Å². The fraction of sp³-hybridized carbons (Fsp3) is 0.296. The van der Waals surface area contributed by atoms with Crippen LogP contribution in [0.3, 0.4) is 0 Å². The summed E-state index contributed by atoms with van der Waals surface area (Å²) in [6.07, 6.45) is 1.76. The normalized spacial score (nSPS) is 15.3. The van der Waals surface area contributed by atoms with Crippen LogP contribution in [0.25, 0.3) is 0 Å². The molecule has 0 aliphatic carbocycles. The third-order valence-electron chi connectivity index (χ3n) is 6.29. The molecule has 0 radical (unpaired) electrons. The first-order valence-corrected chi connectivity index (χ1v) is 12.8.